The molecule has 0 atom stereocenters. The lowest BCUT2D eigenvalue weighted by molar-refractivity contribution is 0.177. The summed E-state index contributed by atoms with van der Waals surface area (Å²) < 4.78 is 28.1. The van der Waals surface area contributed by atoms with Crippen molar-refractivity contribution >= 4 is 0 Å². The van der Waals surface area contributed by atoms with E-state index in [2.05, 4.69) is 10.00 Å². The van der Waals surface area contributed by atoms with E-state index in [1.54, 1.807) is 22.9 Å². The van der Waals surface area contributed by atoms with Gasteiger partial charge in [0.15, 0.2) is 0 Å². The second-order valence-electron chi connectivity index (χ2n) is 7.32. The molecule has 1 aromatic heterocycles. The average Bonchev–Trinajstić information content (AvgIpc) is 3.14. The van der Waals surface area contributed by atoms with Gasteiger partial charge in [0.1, 0.15) is 11.6 Å². The normalized spacial score (nSPS) is 15.9. The highest BCUT2D eigenvalue weighted by Crippen LogP contribution is 2.23. The van der Waals surface area contributed by atoms with Crippen LogP contribution in [0.2, 0.25) is 0 Å². The van der Waals surface area contributed by atoms with Crippen LogP contribution in [-0.2, 0) is 13.0 Å². The van der Waals surface area contributed by atoms with Crippen LogP contribution in [0.1, 0.15) is 24.0 Å². The van der Waals surface area contributed by atoms with E-state index in [0.717, 1.165) is 50.1 Å². The van der Waals surface area contributed by atoms with Crippen molar-refractivity contribution in [2.24, 2.45) is 5.92 Å². The van der Waals surface area contributed by atoms with Crippen molar-refractivity contribution in [1.82, 2.24) is 14.7 Å². The molecular formula is C22H23F2N3. The topological polar surface area (TPSA) is 21.1 Å². The molecule has 0 radical (unpaired) electrons. The Balaban J connectivity index is 1.30. The van der Waals surface area contributed by atoms with Gasteiger partial charge in [0, 0.05) is 18.3 Å². The van der Waals surface area contributed by atoms with E-state index in [0.29, 0.717) is 5.92 Å². The molecule has 0 amide bonds. The summed E-state index contributed by atoms with van der Waals surface area (Å²) in [7, 11) is 0. The predicted octanol–water partition coefficient (Wildman–Crippen LogP) is 4.61. The molecule has 2 aromatic carbocycles. The number of likely N-dealkylation sites (tertiary alicyclic amines) is 1. The fourth-order valence-corrected chi connectivity index (χ4v) is 3.76. The molecule has 0 aliphatic carbocycles. The van der Waals surface area contributed by atoms with E-state index in [-0.39, 0.29) is 11.6 Å². The zero-order valence-electron chi connectivity index (χ0n) is 15.2. The highest BCUT2D eigenvalue weighted by Gasteiger charge is 2.20. The molecule has 1 aliphatic heterocycles. The van der Waals surface area contributed by atoms with Gasteiger partial charge in [-0.1, -0.05) is 18.2 Å². The highest BCUT2D eigenvalue weighted by atomic mass is 19.1. The molecule has 3 nitrogen and oxygen atoms in total. The highest BCUT2D eigenvalue weighted by molar-refractivity contribution is 5.31. The van der Waals surface area contributed by atoms with E-state index >= 15 is 0 Å². The summed E-state index contributed by atoms with van der Waals surface area (Å²) in [5, 5.41) is 4.36. The van der Waals surface area contributed by atoms with Gasteiger partial charge < -0.3 is 0 Å². The molecule has 5 heteroatoms. The molecule has 0 unspecified atom stereocenters. The largest absolute Gasteiger partial charge is 0.299 e. The summed E-state index contributed by atoms with van der Waals surface area (Å²) in [6, 6.07) is 13.3. The van der Waals surface area contributed by atoms with Crippen molar-refractivity contribution in [3.8, 4) is 5.69 Å². The van der Waals surface area contributed by atoms with E-state index in [1.165, 1.54) is 17.7 Å². The number of piperidine rings is 1. The maximum atomic E-state index is 13.4. The first kappa shape index (κ1) is 17.9. The predicted molar refractivity (Wildman–Crippen MR) is 102 cm³/mol. The van der Waals surface area contributed by atoms with Crippen LogP contribution in [0.4, 0.5) is 8.78 Å². The molecule has 140 valence electrons. The Morgan fingerprint density at radius 1 is 0.926 bits per heavy atom. The summed E-state index contributed by atoms with van der Waals surface area (Å²) in [5.41, 5.74) is 3.08. The van der Waals surface area contributed by atoms with Crippen LogP contribution in [-0.4, -0.2) is 27.8 Å². The molecule has 27 heavy (non-hydrogen) atoms. The maximum absolute atomic E-state index is 13.4. The second kappa shape index (κ2) is 8.01. The minimum absolute atomic E-state index is 0.174. The van der Waals surface area contributed by atoms with Crippen LogP contribution in [0.3, 0.4) is 0 Å². The van der Waals surface area contributed by atoms with Crippen LogP contribution in [0.15, 0.2) is 60.9 Å². The number of aromatic nitrogens is 2. The Morgan fingerprint density at radius 2 is 1.70 bits per heavy atom. The van der Waals surface area contributed by atoms with Gasteiger partial charge in [0.2, 0.25) is 0 Å². The van der Waals surface area contributed by atoms with Gasteiger partial charge in [-0.05, 0) is 74.2 Å². The van der Waals surface area contributed by atoms with Crippen molar-refractivity contribution in [3.63, 3.8) is 0 Å². The first-order chi connectivity index (χ1) is 13.2. The number of nitrogens with zero attached hydrogens (tertiary/aromatic N) is 3. The monoisotopic (exact) mass is 367 g/mol. The Hall–Kier alpha value is -2.53. The minimum atomic E-state index is -0.257. The van der Waals surface area contributed by atoms with Crippen LogP contribution in [0.25, 0.3) is 5.69 Å². The Kier molecular flexibility index (Phi) is 5.30. The number of rotatable bonds is 5. The molecule has 0 bridgehead atoms. The Morgan fingerprint density at radius 3 is 2.44 bits per heavy atom. The van der Waals surface area contributed by atoms with Crippen LogP contribution >= 0.6 is 0 Å². The van der Waals surface area contributed by atoms with Crippen molar-refractivity contribution in [3.05, 3.63) is 83.7 Å². The lowest BCUT2D eigenvalue weighted by Crippen LogP contribution is -2.33. The molecule has 4 rings (SSSR count). The third-order valence-corrected chi connectivity index (χ3v) is 5.26. The fraction of sp³-hybridized carbons (Fsp3) is 0.318. The second-order valence-corrected chi connectivity index (χ2v) is 7.32. The molecule has 1 fully saturated rings. The van der Waals surface area contributed by atoms with Gasteiger partial charge in [-0.15, -0.1) is 0 Å². The first-order valence-corrected chi connectivity index (χ1v) is 9.42. The zero-order chi connectivity index (χ0) is 18.6. The van der Waals surface area contributed by atoms with Crippen molar-refractivity contribution in [1.29, 1.82) is 0 Å². The van der Waals surface area contributed by atoms with E-state index in [9.17, 15) is 8.78 Å². The van der Waals surface area contributed by atoms with Crippen LogP contribution in [0.5, 0.6) is 0 Å². The van der Waals surface area contributed by atoms with E-state index in [1.807, 2.05) is 30.6 Å². The first-order valence-electron chi connectivity index (χ1n) is 9.42. The summed E-state index contributed by atoms with van der Waals surface area (Å²) in [6.07, 6.45) is 7.14. The minimum Gasteiger partial charge on any atom is -0.299 e. The van der Waals surface area contributed by atoms with Gasteiger partial charge in [-0.25, -0.2) is 13.5 Å². The number of hydrogen-bond acceptors (Lipinski definition) is 2. The van der Waals surface area contributed by atoms with Gasteiger partial charge >= 0.3 is 0 Å². The molecule has 0 N–H and O–H groups in total. The standard InChI is InChI=1S/C22H23F2N3/c23-20-6-4-17(5-7-20)12-18-8-10-26(11-9-18)15-19-14-25-27(16-19)22-3-1-2-21(24)13-22/h1-7,13-14,16,18H,8-12,15H2. The molecule has 1 saturated heterocycles. The number of benzene rings is 2. The van der Waals surface area contributed by atoms with Crippen molar-refractivity contribution in [2.45, 2.75) is 25.8 Å². The van der Waals surface area contributed by atoms with Gasteiger partial charge in [-0.3, -0.25) is 4.90 Å². The summed E-state index contributed by atoms with van der Waals surface area (Å²) in [5.74, 6) is 0.224. The van der Waals surface area contributed by atoms with E-state index in [4.69, 9.17) is 0 Å². The van der Waals surface area contributed by atoms with Crippen LogP contribution < -0.4 is 0 Å². The molecule has 0 saturated carbocycles. The molecule has 3 aromatic rings. The summed E-state index contributed by atoms with van der Waals surface area (Å²) >= 11 is 0. The smallest absolute Gasteiger partial charge is 0.125 e. The molecule has 0 spiro atoms. The summed E-state index contributed by atoms with van der Waals surface area (Å²) in [4.78, 5) is 2.44. The molecule has 2 heterocycles. The zero-order valence-corrected chi connectivity index (χ0v) is 15.2. The molecular weight excluding hydrogens is 344 g/mol. The van der Waals surface area contributed by atoms with Gasteiger partial charge in [0.05, 0.1) is 11.9 Å². The van der Waals surface area contributed by atoms with Gasteiger partial charge in [-0.2, -0.15) is 5.10 Å². The number of halogens is 2. The third kappa shape index (κ3) is 4.61. The Bertz CT molecular complexity index is 881. The van der Waals surface area contributed by atoms with Crippen molar-refractivity contribution < 1.29 is 8.78 Å². The van der Waals surface area contributed by atoms with Gasteiger partial charge in [0.25, 0.3) is 0 Å². The average molecular weight is 367 g/mol. The summed E-state index contributed by atoms with van der Waals surface area (Å²) in [6.45, 7) is 2.96. The lowest BCUT2D eigenvalue weighted by atomic mass is 9.90. The van der Waals surface area contributed by atoms with Crippen LogP contribution in [0, 0.1) is 17.6 Å². The third-order valence-electron chi connectivity index (χ3n) is 5.26. The quantitative estimate of drug-likeness (QED) is 0.657. The SMILES string of the molecule is Fc1ccc(CC2CCN(Cc3cnn(-c4cccc(F)c4)c3)CC2)cc1. The van der Waals surface area contributed by atoms with E-state index < -0.39 is 0 Å². The fourth-order valence-electron chi connectivity index (χ4n) is 3.76. The molecule has 1 aliphatic rings. The van der Waals surface area contributed by atoms with Crippen molar-refractivity contribution in [2.75, 3.05) is 13.1 Å². The number of hydrogen-bond donors (Lipinski definition) is 0. The maximum Gasteiger partial charge on any atom is 0.125 e. The Labute approximate surface area is 158 Å². The lowest BCUT2D eigenvalue weighted by Gasteiger charge is -2.31.